The van der Waals surface area contributed by atoms with Gasteiger partial charge in [-0.1, -0.05) is 53.8 Å². The number of thiocarbonyl (C=S) groups is 1. The van der Waals surface area contributed by atoms with E-state index in [1.54, 1.807) is 6.08 Å². The summed E-state index contributed by atoms with van der Waals surface area (Å²) in [5, 5.41) is 10.7. The van der Waals surface area contributed by atoms with Crippen molar-refractivity contribution in [2.24, 2.45) is 0 Å². The summed E-state index contributed by atoms with van der Waals surface area (Å²) >= 11 is 6.24. The lowest BCUT2D eigenvalue weighted by Gasteiger charge is -2.13. The highest BCUT2D eigenvalue weighted by Crippen LogP contribution is 2.32. The maximum absolute atomic E-state index is 12.3. The third kappa shape index (κ3) is 4.64. The first kappa shape index (κ1) is 17.2. The predicted molar refractivity (Wildman–Crippen MR) is 91.7 cm³/mol. The maximum atomic E-state index is 12.3. The zero-order valence-corrected chi connectivity index (χ0v) is 13.9. The van der Waals surface area contributed by atoms with Crippen molar-refractivity contribution in [2.75, 3.05) is 13.1 Å². The molecular weight excluding hydrogens is 336 g/mol. The van der Waals surface area contributed by atoms with E-state index in [0.717, 1.165) is 27.8 Å². The minimum Gasteiger partial charge on any atom is -0.480 e. The molecule has 6 nitrogen and oxygen atoms in total. The van der Waals surface area contributed by atoms with Gasteiger partial charge in [-0.05, 0) is 18.6 Å². The van der Waals surface area contributed by atoms with Gasteiger partial charge in [0.05, 0.1) is 4.91 Å². The van der Waals surface area contributed by atoms with Crippen LogP contribution in [0.15, 0.2) is 29.2 Å². The molecule has 2 rings (SSSR count). The van der Waals surface area contributed by atoms with Crippen LogP contribution in [0.25, 0.3) is 6.08 Å². The third-order valence-corrected chi connectivity index (χ3v) is 4.36. The minimum atomic E-state index is -1.15. The lowest BCUT2D eigenvalue weighted by atomic mass is 10.1. The summed E-state index contributed by atoms with van der Waals surface area (Å²) in [6, 6.07) is 7.65. The van der Waals surface area contributed by atoms with Crippen LogP contribution in [-0.4, -0.2) is 45.2 Å². The highest BCUT2D eigenvalue weighted by molar-refractivity contribution is 8.26. The molecule has 2 amide bonds. The van der Waals surface area contributed by atoms with Gasteiger partial charge in [0.15, 0.2) is 0 Å². The fourth-order valence-electron chi connectivity index (χ4n) is 1.82. The highest BCUT2D eigenvalue weighted by atomic mass is 32.2. The van der Waals surface area contributed by atoms with E-state index in [2.05, 4.69) is 5.32 Å². The molecule has 1 saturated heterocycles. The lowest BCUT2D eigenvalue weighted by molar-refractivity contribution is -0.138. The van der Waals surface area contributed by atoms with E-state index in [1.165, 1.54) is 0 Å². The molecule has 0 atom stereocenters. The molecule has 1 aliphatic rings. The van der Waals surface area contributed by atoms with Crippen molar-refractivity contribution in [2.45, 2.75) is 6.92 Å². The lowest BCUT2D eigenvalue weighted by Crippen LogP contribution is -2.41. The topological polar surface area (TPSA) is 86.7 Å². The molecule has 8 heteroatoms. The molecule has 1 aromatic rings. The molecule has 1 aliphatic heterocycles. The number of aliphatic carboxylic acids is 1. The fraction of sp³-hybridized carbons (Fsp3) is 0.200. The number of benzene rings is 1. The van der Waals surface area contributed by atoms with Crippen LogP contribution in [0, 0.1) is 6.92 Å². The summed E-state index contributed by atoms with van der Waals surface area (Å²) in [5.41, 5.74) is 1.98. The Balaban J connectivity index is 2.06. The number of amides is 2. The largest absolute Gasteiger partial charge is 0.480 e. The number of carboxylic acid groups (broad SMARTS) is 1. The number of hydrogen-bond acceptors (Lipinski definition) is 5. The van der Waals surface area contributed by atoms with Crippen LogP contribution in [0.2, 0.25) is 0 Å². The Morgan fingerprint density at radius 2 is 2.00 bits per heavy atom. The molecule has 0 radical (unpaired) electrons. The van der Waals surface area contributed by atoms with Crippen LogP contribution in [0.1, 0.15) is 11.1 Å². The van der Waals surface area contributed by atoms with Crippen molar-refractivity contribution >= 4 is 52.2 Å². The van der Waals surface area contributed by atoms with Crippen LogP contribution < -0.4 is 5.32 Å². The molecule has 2 N–H and O–H groups in total. The Kier molecular flexibility index (Phi) is 5.51. The quantitative estimate of drug-likeness (QED) is 0.617. The first-order valence-corrected chi connectivity index (χ1v) is 7.90. The van der Waals surface area contributed by atoms with Crippen molar-refractivity contribution in [3.05, 3.63) is 40.3 Å². The summed E-state index contributed by atoms with van der Waals surface area (Å²) in [5.74, 6) is -2.07. The molecule has 0 aliphatic carbocycles. The highest BCUT2D eigenvalue weighted by Gasteiger charge is 2.33. The summed E-state index contributed by atoms with van der Waals surface area (Å²) in [7, 11) is 0. The number of carbonyl (C=O) groups is 3. The number of aryl methyl sites for hydroxylation is 1. The van der Waals surface area contributed by atoms with Gasteiger partial charge in [-0.15, -0.1) is 0 Å². The second-order valence-corrected chi connectivity index (χ2v) is 6.52. The molecule has 0 aromatic heterocycles. The summed E-state index contributed by atoms with van der Waals surface area (Å²) < 4.78 is 0.277. The number of carbonyl (C=O) groups excluding carboxylic acids is 2. The second kappa shape index (κ2) is 7.38. The van der Waals surface area contributed by atoms with Gasteiger partial charge in [0, 0.05) is 0 Å². The Labute approximate surface area is 142 Å². The van der Waals surface area contributed by atoms with E-state index < -0.39 is 18.4 Å². The van der Waals surface area contributed by atoms with E-state index in [4.69, 9.17) is 17.3 Å². The van der Waals surface area contributed by atoms with Crippen LogP contribution >= 0.6 is 24.0 Å². The molecule has 1 heterocycles. The summed E-state index contributed by atoms with van der Waals surface area (Å²) in [6.45, 7) is 1.19. The Hall–Kier alpha value is -2.19. The Morgan fingerprint density at radius 3 is 2.61 bits per heavy atom. The molecule has 1 fully saturated rings. The van der Waals surface area contributed by atoms with E-state index in [9.17, 15) is 14.4 Å². The van der Waals surface area contributed by atoms with Crippen LogP contribution in [0.5, 0.6) is 0 Å². The van der Waals surface area contributed by atoms with Gasteiger partial charge < -0.3 is 10.4 Å². The first-order chi connectivity index (χ1) is 10.9. The van der Waals surface area contributed by atoms with E-state index >= 15 is 0 Å². The molecule has 120 valence electrons. The zero-order valence-electron chi connectivity index (χ0n) is 12.2. The fourth-order valence-corrected chi connectivity index (χ4v) is 3.08. The minimum absolute atomic E-state index is 0.277. The van der Waals surface area contributed by atoms with Gasteiger partial charge in [-0.3, -0.25) is 19.3 Å². The molecule has 0 saturated carbocycles. The van der Waals surface area contributed by atoms with E-state index in [0.29, 0.717) is 4.91 Å². The number of nitrogens with one attached hydrogen (secondary N) is 1. The Bertz CT molecular complexity index is 698. The van der Waals surface area contributed by atoms with Gasteiger partial charge in [0.2, 0.25) is 5.91 Å². The van der Waals surface area contributed by atoms with E-state index in [-0.39, 0.29) is 16.8 Å². The number of rotatable bonds is 5. The Morgan fingerprint density at radius 1 is 1.35 bits per heavy atom. The normalized spacial score (nSPS) is 16.0. The van der Waals surface area contributed by atoms with Crippen molar-refractivity contribution in [1.82, 2.24) is 10.2 Å². The summed E-state index contributed by atoms with van der Waals surface area (Å²) in [6.07, 6.45) is 1.72. The number of nitrogens with zero attached hydrogens (tertiary/aromatic N) is 1. The maximum Gasteiger partial charge on any atom is 0.322 e. The third-order valence-electron chi connectivity index (χ3n) is 2.99. The zero-order chi connectivity index (χ0) is 17.0. The molecule has 23 heavy (non-hydrogen) atoms. The number of thioether (sulfide) groups is 1. The molecular formula is C15H14N2O4S2. The second-order valence-electron chi connectivity index (χ2n) is 4.85. The van der Waals surface area contributed by atoms with Gasteiger partial charge >= 0.3 is 5.97 Å². The first-order valence-electron chi connectivity index (χ1n) is 6.67. The molecule has 1 aromatic carbocycles. The van der Waals surface area contributed by atoms with Gasteiger partial charge in [-0.25, -0.2) is 0 Å². The SMILES string of the molecule is Cc1ccc(C=C2SC(=S)N(CC(=O)NCC(=O)O)C2=O)cc1. The molecule has 0 spiro atoms. The van der Waals surface area contributed by atoms with Crippen molar-refractivity contribution in [3.63, 3.8) is 0 Å². The van der Waals surface area contributed by atoms with Gasteiger partial charge in [-0.2, -0.15) is 0 Å². The van der Waals surface area contributed by atoms with E-state index in [1.807, 2.05) is 31.2 Å². The van der Waals surface area contributed by atoms with Crippen LogP contribution in [0.4, 0.5) is 0 Å². The monoisotopic (exact) mass is 350 g/mol. The molecule has 0 unspecified atom stereocenters. The number of carboxylic acids is 1. The number of hydrogen-bond donors (Lipinski definition) is 2. The van der Waals surface area contributed by atoms with Crippen LogP contribution in [0.3, 0.4) is 0 Å². The van der Waals surface area contributed by atoms with Crippen molar-refractivity contribution in [1.29, 1.82) is 0 Å². The standard InChI is InChI=1S/C15H14N2O4S2/c1-9-2-4-10(5-3-9)6-11-14(21)17(15(22)23-11)8-12(18)16-7-13(19)20/h2-6H,7-8H2,1H3,(H,16,18)(H,19,20). The average Bonchev–Trinajstić information content (AvgIpc) is 2.75. The van der Waals surface area contributed by atoms with Crippen molar-refractivity contribution in [3.8, 4) is 0 Å². The smallest absolute Gasteiger partial charge is 0.322 e. The van der Waals surface area contributed by atoms with Gasteiger partial charge in [0.1, 0.15) is 17.4 Å². The molecule has 0 bridgehead atoms. The predicted octanol–water partition coefficient (Wildman–Crippen LogP) is 1.40. The summed E-state index contributed by atoms with van der Waals surface area (Å²) in [4.78, 5) is 36.0. The van der Waals surface area contributed by atoms with Gasteiger partial charge in [0.25, 0.3) is 5.91 Å². The average molecular weight is 350 g/mol. The van der Waals surface area contributed by atoms with Crippen molar-refractivity contribution < 1.29 is 19.5 Å². The van der Waals surface area contributed by atoms with Crippen LogP contribution in [-0.2, 0) is 14.4 Å².